The van der Waals surface area contributed by atoms with Crippen molar-refractivity contribution in [3.8, 4) is 0 Å². The predicted octanol–water partition coefficient (Wildman–Crippen LogP) is 2.44. The molecule has 4 rings (SSSR count). The van der Waals surface area contributed by atoms with Crippen LogP contribution in [0.25, 0.3) is 5.65 Å². The third-order valence-electron chi connectivity index (χ3n) is 5.19. The number of aryl methyl sites for hydroxylation is 1. The number of hydrogen-bond donors (Lipinski definition) is 2. The first-order valence-corrected chi connectivity index (χ1v) is 9.28. The minimum Gasteiger partial charge on any atom is -0.378 e. The molecule has 134 valence electrons. The van der Waals surface area contributed by atoms with Gasteiger partial charge in [0.2, 0.25) is 0 Å². The molecule has 0 radical (unpaired) electrons. The number of amides is 2. The Kier molecular flexibility index (Phi) is 4.61. The molecule has 2 aromatic heterocycles. The number of hydrogen-bond acceptors (Lipinski definition) is 3. The summed E-state index contributed by atoms with van der Waals surface area (Å²) in [6, 6.07) is 4.22. The number of nitrogens with zero attached hydrogens (tertiary/aromatic N) is 2. The van der Waals surface area contributed by atoms with Crippen molar-refractivity contribution in [3.63, 3.8) is 0 Å². The highest BCUT2D eigenvalue weighted by atomic mass is 16.5. The molecule has 2 amide bonds. The SMILES string of the molecule is Cc1cccn2cc(CCNC(=O)NC3CCOC(C4CC4)C3)nc12. The van der Waals surface area contributed by atoms with Crippen LogP contribution >= 0.6 is 0 Å². The normalized spacial score (nSPS) is 23.6. The third kappa shape index (κ3) is 3.95. The maximum absolute atomic E-state index is 12.1. The van der Waals surface area contributed by atoms with Gasteiger partial charge in [-0.15, -0.1) is 0 Å². The van der Waals surface area contributed by atoms with Crippen molar-refractivity contribution in [3.05, 3.63) is 35.8 Å². The number of fused-ring (bicyclic) bond motifs is 1. The van der Waals surface area contributed by atoms with Crippen molar-refractivity contribution in [2.45, 2.75) is 51.2 Å². The van der Waals surface area contributed by atoms with Crippen LogP contribution in [-0.2, 0) is 11.2 Å². The average molecular weight is 342 g/mol. The molecule has 6 nitrogen and oxygen atoms in total. The number of nitrogens with one attached hydrogen (secondary N) is 2. The van der Waals surface area contributed by atoms with Gasteiger partial charge in [-0.25, -0.2) is 9.78 Å². The van der Waals surface area contributed by atoms with Crippen molar-refractivity contribution in [2.24, 2.45) is 5.92 Å². The first-order valence-electron chi connectivity index (χ1n) is 9.28. The molecule has 6 heteroatoms. The maximum atomic E-state index is 12.1. The van der Waals surface area contributed by atoms with Gasteiger partial charge in [-0.3, -0.25) is 0 Å². The first kappa shape index (κ1) is 16.4. The zero-order valence-corrected chi connectivity index (χ0v) is 14.7. The summed E-state index contributed by atoms with van der Waals surface area (Å²) in [6.07, 6.45) is 9.52. The molecule has 2 aromatic rings. The largest absolute Gasteiger partial charge is 0.378 e. The highest BCUT2D eigenvalue weighted by Gasteiger charge is 2.36. The van der Waals surface area contributed by atoms with Crippen LogP contribution in [0.1, 0.15) is 36.9 Å². The Balaban J connectivity index is 1.23. The molecule has 0 spiro atoms. The number of carbonyl (C=O) groups excluding carboxylic acids is 1. The summed E-state index contributed by atoms with van der Waals surface area (Å²) >= 11 is 0. The van der Waals surface area contributed by atoms with Crippen LogP contribution in [0, 0.1) is 12.8 Å². The molecule has 2 fully saturated rings. The lowest BCUT2D eigenvalue weighted by atomic mass is 10.0. The molecule has 2 unspecified atom stereocenters. The average Bonchev–Trinajstić information content (AvgIpc) is 3.36. The van der Waals surface area contributed by atoms with E-state index in [0.717, 1.165) is 48.7 Å². The molecule has 1 aliphatic carbocycles. The lowest BCUT2D eigenvalue weighted by Gasteiger charge is -2.30. The molecule has 0 aromatic carbocycles. The lowest BCUT2D eigenvalue weighted by Crippen LogP contribution is -2.47. The molecular formula is C19H26N4O2. The van der Waals surface area contributed by atoms with Crippen LogP contribution in [0.3, 0.4) is 0 Å². The third-order valence-corrected chi connectivity index (χ3v) is 5.19. The van der Waals surface area contributed by atoms with Gasteiger partial charge in [0.15, 0.2) is 0 Å². The Morgan fingerprint density at radius 3 is 3.08 bits per heavy atom. The van der Waals surface area contributed by atoms with Gasteiger partial charge in [-0.1, -0.05) is 6.07 Å². The zero-order chi connectivity index (χ0) is 17.2. The number of carbonyl (C=O) groups is 1. The molecule has 2 N–H and O–H groups in total. The molecule has 2 aliphatic rings. The number of rotatable bonds is 5. The number of aromatic nitrogens is 2. The molecule has 2 atom stereocenters. The Morgan fingerprint density at radius 2 is 2.28 bits per heavy atom. The Morgan fingerprint density at radius 1 is 1.40 bits per heavy atom. The summed E-state index contributed by atoms with van der Waals surface area (Å²) < 4.78 is 7.84. The van der Waals surface area contributed by atoms with Crippen LogP contribution in [0.4, 0.5) is 4.79 Å². The van der Waals surface area contributed by atoms with Gasteiger partial charge in [0.25, 0.3) is 0 Å². The Hall–Kier alpha value is -2.08. The van der Waals surface area contributed by atoms with E-state index in [2.05, 4.69) is 28.6 Å². The standard InChI is InChI=1S/C19H26N4O2/c1-13-3-2-9-23-12-16(21-18(13)23)6-8-20-19(24)22-15-7-10-25-17(11-15)14-4-5-14/h2-3,9,12,14-15,17H,4-8,10-11H2,1H3,(H2,20,22,24). The van der Waals surface area contributed by atoms with Crippen molar-refractivity contribution in [2.75, 3.05) is 13.2 Å². The van der Waals surface area contributed by atoms with Crippen LogP contribution in [0.15, 0.2) is 24.5 Å². The fourth-order valence-corrected chi connectivity index (χ4v) is 3.62. The summed E-state index contributed by atoms with van der Waals surface area (Å²) in [5.74, 6) is 0.728. The van der Waals surface area contributed by atoms with E-state index in [-0.39, 0.29) is 12.1 Å². The Labute approximate surface area is 148 Å². The lowest BCUT2D eigenvalue weighted by molar-refractivity contribution is -0.00913. The summed E-state index contributed by atoms with van der Waals surface area (Å²) in [5, 5.41) is 6.05. The van der Waals surface area contributed by atoms with E-state index in [9.17, 15) is 4.79 Å². The predicted molar refractivity (Wildman–Crippen MR) is 95.7 cm³/mol. The second-order valence-electron chi connectivity index (χ2n) is 7.27. The number of ether oxygens (including phenoxy) is 1. The molecule has 1 saturated heterocycles. The van der Waals surface area contributed by atoms with Crippen LogP contribution in [-0.4, -0.2) is 40.7 Å². The minimum atomic E-state index is -0.0820. The summed E-state index contributed by atoms with van der Waals surface area (Å²) in [6.45, 7) is 3.40. The quantitative estimate of drug-likeness (QED) is 0.877. The Bertz CT molecular complexity index is 753. The van der Waals surface area contributed by atoms with Gasteiger partial charge < -0.3 is 19.8 Å². The highest BCUT2D eigenvalue weighted by molar-refractivity contribution is 5.74. The number of pyridine rings is 1. The van der Waals surface area contributed by atoms with Crippen LogP contribution in [0.5, 0.6) is 0 Å². The van der Waals surface area contributed by atoms with E-state index < -0.39 is 0 Å². The van der Waals surface area contributed by atoms with Gasteiger partial charge in [0.05, 0.1) is 11.8 Å². The molecule has 1 saturated carbocycles. The van der Waals surface area contributed by atoms with E-state index in [1.165, 1.54) is 12.8 Å². The van der Waals surface area contributed by atoms with E-state index in [4.69, 9.17) is 4.74 Å². The monoisotopic (exact) mass is 342 g/mol. The first-order chi connectivity index (χ1) is 12.2. The van der Waals surface area contributed by atoms with Gasteiger partial charge in [0, 0.05) is 38.0 Å². The summed E-state index contributed by atoms with van der Waals surface area (Å²) in [4.78, 5) is 16.8. The van der Waals surface area contributed by atoms with E-state index >= 15 is 0 Å². The second-order valence-corrected chi connectivity index (χ2v) is 7.27. The molecule has 3 heterocycles. The van der Waals surface area contributed by atoms with Gasteiger partial charge >= 0.3 is 6.03 Å². The van der Waals surface area contributed by atoms with Gasteiger partial charge in [-0.05, 0) is 50.2 Å². The summed E-state index contributed by atoms with van der Waals surface area (Å²) in [7, 11) is 0. The summed E-state index contributed by atoms with van der Waals surface area (Å²) in [5.41, 5.74) is 3.13. The van der Waals surface area contributed by atoms with Gasteiger partial charge in [0.1, 0.15) is 5.65 Å². The minimum absolute atomic E-state index is 0.0820. The fourth-order valence-electron chi connectivity index (χ4n) is 3.62. The topological polar surface area (TPSA) is 67.7 Å². The molecule has 0 bridgehead atoms. The number of urea groups is 1. The van der Waals surface area contributed by atoms with Crippen LogP contribution in [0.2, 0.25) is 0 Å². The van der Waals surface area contributed by atoms with Crippen molar-refractivity contribution >= 4 is 11.7 Å². The van der Waals surface area contributed by atoms with Gasteiger partial charge in [-0.2, -0.15) is 0 Å². The fraction of sp³-hybridized carbons (Fsp3) is 0.579. The number of imidazole rings is 1. The maximum Gasteiger partial charge on any atom is 0.315 e. The van der Waals surface area contributed by atoms with E-state index in [0.29, 0.717) is 12.6 Å². The molecule has 1 aliphatic heterocycles. The zero-order valence-electron chi connectivity index (χ0n) is 14.7. The van der Waals surface area contributed by atoms with Crippen molar-refractivity contribution in [1.82, 2.24) is 20.0 Å². The highest BCUT2D eigenvalue weighted by Crippen LogP contribution is 2.38. The van der Waals surface area contributed by atoms with Crippen molar-refractivity contribution in [1.29, 1.82) is 0 Å². The van der Waals surface area contributed by atoms with E-state index in [1.54, 1.807) is 0 Å². The second kappa shape index (κ2) is 7.04. The smallest absolute Gasteiger partial charge is 0.315 e. The van der Waals surface area contributed by atoms with Crippen LogP contribution < -0.4 is 10.6 Å². The van der Waals surface area contributed by atoms with Crippen molar-refractivity contribution < 1.29 is 9.53 Å². The molecule has 25 heavy (non-hydrogen) atoms. The van der Waals surface area contributed by atoms with E-state index in [1.807, 2.05) is 22.9 Å². The molecular weight excluding hydrogens is 316 g/mol.